The van der Waals surface area contributed by atoms with E-state index in [4.69, 9.17) is 16.3 Å². The third-order valence-corrected chi connectivity index (χ3v) is 6.01. The van der Waals surface area contributed by atoms with E-state index >= 15 is 0 Å². The van der Waals surface area contributed by atoms with Gasteiger partial charge in [-0.3, -0.25) is 14.3 Å². The summed E-state index contributed by atoms with van der Waals surface area (Å²) in [5.74, 6) is -0.511. The van der Waals surface area contributed by atoms with Crippen molar-refractivity contribution in [1.82, 2.24) is 9.55 Å². The Bertz CT molecular complexity index is 1330. The Morgan fingerprint density at radius 1 is 1.27 bits per heavy atom. The molecule has 0 amide bonds. The monoisotopic (exact) mass is 439 g/mol. The first-order valence-corrected chi connectivity index (χ1v) is 10.6. The lowest BCUT2D eigenvalue weighted by atomic mass is 9.96. The Balaban J connectivity index is 1.99. The number of nitrogens with zero attached hydrogens (tertiary/aromatic N) is 3. The Hall–Kier alpha value is -3.03. The molecule has 0 saturated carbocycles. The summed E-state index contributed by atoms with van der Waals surface area (Å²) in [6.45, 7) is 3.70. The number of aromatic nitrogens is 2. The number of hydrogen-bond acceptors (Lipinski definition) is 6. The first kappa shape index (κ1) is 20.3. The highest BCUT2D eigenvalue weighted by atomic mass is 35.5. The van der Waals surface area contributed by atoms with Crippen LogP contribution in [0.2, 0.25) is 5.02 Å². The van der Waals surface area contributed by atoms with Crippen molar-refractivity contribution in [2.24, 2.45) is 4.99 Å². The van der Waals surface area contributed by atoms with Gasteiger partial charge in [0, 0.05) is 11.2 Å². The smallest absolute Gasteiger partial charge is 0.338 e. The maximum atomic E-state index is 13.4. The molecule has 8 heteroatoms. The molecular weight excluding hydrogens is 422 g/mol. The van der Waals surface area contributed by atoms with Gasteiger partial charge in [0.25, 0.3) is 5.56 Å². The van der Waals surface area contributed by atoms with Crippen LogP contribution in [-0.2, 0) is 9.53 Å². The molecule has 3 heterocycles. The number of fused-ring (bicyclic) bond motifs is 1. The normalized spacial score (nSPS) is 16.2. The number of pyridine rings is 1. The predicted molar refractivity (Wildman–Crippen MR) is 116 cm³/mol. The van der Waals surface area contributed by atoms with E-state index in [1.54, 1.807) is 44.3 Å². The van der Waals surface area contributed by atoms with Gasteiger partial charge in [0.2, 0.25) is 0 Å². The van der Waals surface area contributed by atoms with Gasteiger partial charge in [0.1, 0.15) is 6.04 Å². The van der Waals surface area contributed by atoms with Gasteiger partial charge in [-0.25, -0.2) is 9.79 Å². The minimum Gasteiger partial charge on any atom is -0.463 e. The number of thiazole rings is 1. The molecule has 1 aromatic carbocycles. The van der Waals surface area contributed by atoms with Crippen molar-refractivity contribution in [2.45, 2.75) is 19.9 Å². The number of benzene rings is 1. The molecule has 0 aliphatic carbocycles. The topological polar surface area (TPSA) is 73.6 Å². The first-order chi connectivity index (χ1) is 14.5. The zero-order valence-electron chi connectivity index (χ0n) is 16.3. The average Bonchev–Trinajstić information content (AvgIpc) is 3.03. The lowest BCUT2D eigenvalue weighted by molar-refractivity contribution is -0.139. The molecule has 0 N–H and O–H groups in total. The fourth-order valence-electron chi connectivity index (χ4n) is 3.38. The minimum atomic E-state index is -0.722. The van der Waals surface area contributed by atoms with Crippen LogP contribution >= 0.6 is 22.9 Å². The van der Waals surface area contributed by atoms with Gasteiger partial charge in [-0.15, -0.1) is 0 Å². The van der Waals surface area contributed by atoms with Gasteiger partial charge in [-0.2, -0.15) is 0 Å². The van der Waals surface area contributed by atoms with Gasteiger partial charge in [0.05, 0.1) is 28.1 Å². The summed E-state index contributed by atoms with van der Waals surface area (Å²) in [5.41, 5.74) is 1.86. The molecule has 152 valence electrons. The van der Waals surface area contributed by atoms with E-state index in [2.05, 4.69) is 9.98 Å². The largest absolute Gasteiger partial charge is 0.463 e. The van der Waals surface area contributed by atoms with Crippen LogP contribution in [0.25, 0.3) is 6.08 Å². The summed E-state index contributed by atoms with van der Waals surface area (Å²) in [7, 11) is 0. The molecule has 3 aromatic rings. The molecule has 0 saturated heterocycles. The highest BCUT2D eigenvalue weighted by molar-refractivity contribution is 7.07. The second-order valence-electron chi connectivity index (χ2n) is 6.58. The lowest BCUT2D eigenvalue weighted by Crippen LogP contribution is -2.40. The van der Waals surface area contributed by atoms with Crippen molar-refractivity contribution >= 4 is 35.0 Å². The minimum absolute atomic E-state index is 0.217. The third kappa shape index (κ3) is 3.62. The van der Waals surface area contributed by atoms with E-state index in [9.17, 15) is 9.59 Å². The molecular formula is C22H18ClN3O3S. The second-order valence-corrected chi connectivity index (χ2v) is 7.99. The zero-order valence-corrected chi connectivity index (χ0v) is 17.9. The molecule has 0 spiro atoms. The third-order valence-electron chi connectivity index (χ3n) is 4.68. The number of halogens is 1. The van der Waals surface area contributed by atoms with Crippen molar-refractivity contribution in [1.29, 1.82) is 0 Å². The summed E-state index contributed by atoms with van der Waals surface area (Å²) >= 11 is 7.72. The van der Waals surface area contributed by atoms with Gasteiger partial charge in [-0.1, -0.05) is 47.2 Å². The molecule has 1 atom stereocenters. The Morgan fingerprint density at radius 3 is 2.73 bits per heavy atom. The molecule has 1 aliphatic rings. The number of rotatable bonds is 4. The number of carbonyl (C=O) groups excluding carboxylic acids is 1. The number of hydrogen-bond donors (Lipinski definition) is 0. The average molecular weight is 440 g/mol. The predicted octanol–water partition coefficient (Wildman–Crippen LogP) is 2.85. The SMILES string of the molecule is CCOC(=O)C1=C(C)N=c2s/c(=C/c3ccccn3)c(=O)n2[C@H]1c1ccccc1Cl. The quantitative estimate of drug-likeness (QED) is 0.586. The lowest BCUT2D eigenvalue weighted by Gasteiger charge is -2.25. The summed E-state index contributed by atoms with van der Waals surface area (Å²) in [5, 5.41) is 0.457. The Labute approximate surface area is 181 Å². The summed E-state index contributed by atoms with van der Waals surface area (Å²) in [6, 6.07) is 11.9. The van der Waals surface area contributed by atoms with Crippen molar-refractivity contribution in [3.05, 3.63) is 95.9 Å². The maximum Gasteiger partial charge on any atom is 0.338 e. The van der Waals surface area contributed by atoms with Crippen LogP contribution in [0, 0.1) is 0 Å². The molecule has 1 aliphatic heterocycles. The van der Waals surface area contributed by atoms with Crippen LogP contribution in [0.4, 0.5) is 0 Å². The van der Waals surface area contributed by atoms with E-state index in [0.717, 1.165) is 0 Å². The highest BCUT2D eigenvalue weighted by Crippen LogP contribution is 2.34. The van der Waals surface area contributed by atoms with Crippen LogP contribution in [0.15, 0.2) is 69.7 Å². The fraction of sp³-hybridized carbons (Fsp3) is 0.182. The van der Waals surface area contributed by atoms with Crippen molar-refractivity contribution < 1.29 is 9.53 Å². The van der Waals surface area contributed by atoms with E-state index in [1.807, 2.05) is 24.3 Å². The van der Waals surface area contributed by atoms with Crippen molar-refractivity contribution in [3.8, 4) is 0 Å². The fourth-order valence-corrected chi connectivity index (χ4v) is 4.65. The van der Waals surface area contributed by atoms with Crippen LogP contribution in [0.5, 0.6) is 0 Å². The molecule has 30 heavy (non-hydrogen) atoms. The summed E-state index contributed by atoms with van der Waals surface area (Å²) in [6.07, 6.45) is 3.38. The number of allylic oxidation sites excluding steroid dienone is 1. The number of esters is 1. The van der Waals surface area contributed by atoms with E-state index in [1.165, 1.54) is 15.9 Å². The first-order valence-electron chi connectivity index (χ1n) is 9.36. The van der Waals surface area contributed by atoms with Gasteiger partial charge in [-0.05, 0) is 43.7 Å². The van der Waals surface area contributed by atoms with E-state index < -0.39 is 12.0 Å². The standard InChI is InChI=1S/C22H18ClN3O3S/c1-3-29-21(28)18-13(2)25-22-26(19(18)15-9-4-5-10-16(15)23)20(27)17(30-22)12-14-8-6-7-11-24-14/h4-12,19H,3H2,1-2H3/b17-12+/t19-/m0/s1. The van der Waals surface area contributed by atoms with Gasteiger partial charge >= 0.3 is 5.97 Å². The second kappa shape index (κ2) is 8.38. The zero-order chi connectivity index (χ0) is 21.3. The van der Waals surface area contributed by atoms with Crippen molar-refractivity contribution in [3.63, 3.8) is 0 Å². The Kier molecular flexibility index (Phi) is 5.65. The summed E-state index contributed by atoms with van der Waals surface area (Å²) < 4.78 is 7.26. The van der Waals surface area contributed by atoms with Crippen molar-refractivity contribution in [2.75, 3.05) is 6.61 Å². The molecule has 0 bridgehead atoms. The number of carbonyl (C=O) groups is 1. The molecule has 6 nitrogen and oxygen atoms in total. The molecule has 0 unspecified atom stereocenters. The van der Waals surface area contributed by atoms with Crippen LogP contribution in [0.1, 0.15) is 31.1 Å². The Morgan fingerprint density at radius 2 is 2.03 bits per heavy atom. The maximum absolute atomic E-state index is 13.4. The van der Waals surface area contributed by atoms with Gasteiger partial charge in [0.15, 0.2) is 4.80 Å². The highest BCUT2D eigenvalue weighted by Gasteiger charge is 2.34. The van der Waals surface area contributed by atoms with E-state index in [0.29, 0.717) is 36.9 Å². The molecule has 0 fully saturated rings. The van der Waals surface area contributed by atoms with Crippen LogP contribution in [0.3, 0.4) is 0 Å². The van der Waals surface area contributed by atoms with Crippen LogP contribution in [-0.4, -0.2) is 22.1 Å². The molecule has 4 rings (SSSR count). The number of ether oxygens (including phenoxy) is 1. The molecule has 0 radical (unpaired) electrons. The molecule has 2 aromatic heterocycles. The van der Waals surface area contributed by atoms with Crippen LogP contribution < -0.4 is 14.9 Å². The summed E-state index contributed by atoms with van der Waals surface area (Å²) in [4.78, 5) is 35.5. The van der Waals surface area contributed by atoms with Gasteiger partial charge < -0.3 is 4.74 Å². The van der Waals surface area contributed by atoms with E-state index in [-0.39, 0.29) is 12.2 Å².